The molecule has 0 aromatic rings. The molecule has 1 atom stereocenters. The second kappa shape index (κ2) is 13.4. The van der Waals surface area contributed by atoms with Crippen molar-refractivity contribution in [3.63, 3.8) is 0 Å². The van der Waals surface area contributed by atoms with Crippen molar-refractivity contribution < 1.29 is 14.3 Å². The van der Waals surface area contributed by atoms with Crippen molar-refractivity contribution in [3.05, 3.63) is 34.9 Å². The van der Waals surface area contributed by atoms with Gasteiger partial charge in [-0.05, 0) is 70.2 Å². The van der Waals surface area contributed by atoms with Crippen LogP contribution < -0.4 is 0 Å². The molecule has 0 radical (unpaired) electrons. The Hall–Kier alpha value is -0.973. The molecule has 0 aromatic carbocycles. The van der Waals surface area contributed by atoms with Gasteiger partial charge in [-0.2, -0.15) is 0 Å². The van der Waals surface area contributed by atoms with Gasteiger partial charge in [-0.3, -0.25) is 4.79 Å². The van der Waals surface area contributed by atoms with Crippen molar-refractivity contribution >= 4 is 14.1 Å². The SMILES string of the molecule is C/C(=C\CO)CC/C=C(\C)CC/C=C(\C)C(CC(=O)C(C)C)O[Si](C)(C)C(C)(C)C. The Labute approximate surface area is 187 Å². The molecule has 1 unspecified atom stereocenters. The smallest absolute Gasteiger partial charge is 0.192 e. The number of allylic oxidation sites excluding steroid dienone is 4. The lowest BCUT2D eigenvalue weighted by Gasteiger charge is -2.39. The van der Waals surface area contributed by atoms with Crippen molar-refractivity contribution in [2.24, 2.45) is 5.92 Å². The van der Waals surface area contributed by atoms with Gasteiger partial charge in [0.15, 0.2) is 8.32 Å². The van der Waals surface area contributed by atoms with Crippen LogP contribution in [-0.4, -0.2) is 31.9 Å². The van der Waals surface area contributed by atoms with Gasteiger partial charge >= 0.3 is 0 Å². The van der Waals surface area contributed by atoms with Crippen LogP contribution in [0.5, 0.6) is 0 Å². The third-order valence-electron chi connectivity index (χ3n) is 6.26. The van der Waals surface area contributed by atoms with E-state index in [1.807, 2.05) is 19.9 Å². The van der Waals surface area contributed by atoms with Crippen LogP contribution in [0.2, 0.25) is 18.1 Å². The molecule has 0 fully saturated rings. The number of aliphatic hydroxyl groups excluding tert-OH is 1. The van der Waals surface area contributed by atoms with E-state index in [2.05, 4.69) is 66.8 Å². The monoisotopic (exact) mass is 436 g/mol. The van der Waals surface area contributed by atoms with Gasteiger partial charge in [-0.1, -0.05) is 64.0 Å². The van der Waals surface area contributed by atoms with E-state index in [1.165, 1.54) is 16.7 Å². The minimum atomic E-state index is -1.96. The highest BCUT2D eigenvalue weighted by Crippen LogP contribution is 2.38. The molecule has 0 bridgehead atoms. The Balaban J connectivity index is 5.08. The lowest BCUT2D eigenvalue weighted by atomic mass is 9.98. The van der Waals surface area contributed by atoms with Crippen molar-refractivity contribution in [1.29, 1.82) is 0 Å². The molecule has 1 N–H and O–H groups in total. The van der Waals surface area contributed by atoms with Crippen LogP contribution in [0.4, 0.5) is 0 Å². The molecule has 0 spiro atoms. The summed E-state index contributed by atoms with van der Waals surface area (Å²) in [6, 6.07) is 0. The van der Waals surface area contributed by atoms with Gasteiger partial charge in [-0.15, -0.1) is 0 Å². The molecule has 30 heavy (non-hydrogen) atoms. The maximum atomic E-state index is 12.5. The van der Waals surface area contributed by atoms with Crippen molar-refractivity contribution in [1.82, 2.24) is 0 Å². The predicted octanol–water partition coefficient (Wildman–Crippen LogP) is 7.38. The summed E-state index contributed by atoms with van der Waals surface area (Å²) in [7, 11) is -1.96. The van der Waals surface area contributed by atoms with Gasteiger partial charge in [-0.25, -0.2) is 0 Å². The van der Waals surface area contributed by atoms with Gasteiger partial charge in [0.2, 0.25) is 0 Å². The maximum absolute atomic E-state index is 12.5. The number of carbonyl (C=O) groups excluding carboxylic acids is 1. The largest absolute Gasteiger partial charge is 0.410 e. The fraction of sp³-hybridized carbons (Fsp3) is 0.731. The second-order valence-corrected chi connectivity index (χ2v) is 15.3. The van der Waals surface area contributed by atoms with E-state index in [4.69, 9.17) is 9.53 Å². The summed E-state index contributed by atoms with van der Waals surface area (Å²) in [5, 5.41) is 9.05. The average molecular weight is 437 g/mol. The van der Waals surface area contributed by atoms with E-state index in [9.17, 15) is 4.79 Å². The highest BCUT2D eigenvalue weighted by Gasteiger charge is 2.39. The van der Waals surface area contributed by atoms with Crippen molar-refractivity contribution in [2.75, 3.05) is 6.61 Å². The van der Waals surface area contributed by atoms with Gasteiger partial charge in [0.25, 0.3) is 0 Å². The first kappa shape index (κ1) is 29.0. The third-order valence-corrected chi connectivity index (χ3v) is 10.7. The number of hydrogen-bond donors (Lipinski definition) is 1. The van der Waals surface area contributed by atoms with E-state index in [0.29, 0.717) is 6.42 Å². The van der Waals surface area contributed by atoms with Crippen LogP contribution in [0.3, 0.4) is 0 Å². The predicted molar refractivity (Wildman–Crippen MR) is 133 cm³/mol. The highest BCUT2D eigenvalue weighted by atomic mass is 28.4. The molecule has 0 aliphatic rings. The van der Waals surface area contributed by atoms with Crippen LogP contribution in [0.1, 0.15) is 87.5 Å². The Morgan fingerprint density at radius 1 is 0.967 bits per heavy atom. The number of Topliss-reactive ketones (excluding diaryl/α,β-unsaturated/α-hetero) is 1. The van der Waals surface area contributed by atoms with Gasteiger partial charge < -0.3 is 9.53 Å². The zero-order valence-corrected chi connectivity index (χ0v) is 22.4. The Morgan fingerprint density at radius 3 is 1.93 bits per heavy atom. The summed E-state index contributed by atoms with van der Waals surface area (Å²) < 4.78 is 6.67. The molecule has 0 aliphatic heterocycles. The van der Waals surface area contributed by atoms with Crippen LogP contribution in [0.25, 0.3) is 0 Å². The molecule has 0 aromatic heterocycles. The summed E-state index contributed by atoms with van der Waals surface area (Å²) in [5.41, 5.74) is 3.80. The zero-order valence-electron chi connectivity index (χ0n) is 21.4. The number of aliphatic hydroxyl groups is 1. The first-order valence-corrected chi connectivity index (χ1v) is 14.4. The van der Waals surface area contributed by atoms with Gasteiger partial charge in [0.05, 0.1) is 12.7 Å². The van der Waals surface area contributed by atoms with Crippen LogP contribution in [-0.2, 0) is 9.22 Å². The summed E-state index contributed by atoms with van der Waals surface area (Å²) in [6.07, 6.45) is 10.8. The van der Waals surface area contributed by atoms with Gasteiger partial charge in [0, 0.05) is 12.3 Å². The summed E-state index contributed by atoms with van der Waals surface area (Å²) in [4.78, 5) is 12.5. The average Bonchev–Trinajstić information content (AvgIpc) is 2.59. The van der Waals surface area contributed by atoms with E-state index in [-0.39, 0.29) is 29.5 Å². The number of hydrogen-bond acceptors (Lipinski definition) is 3. The van der Waals surface area contributed by atoms with Crippen molar-refractivity contribution in [2.45, 2.75) is 112 Å². The summed E-state index contributed by atoms with van der Waals surface area (Å²) in [6.45, 7) is 21.7. The topological polar surface area (TPSA) is 46.5 Å². The molecule has 0 saturated carbocycles. The standard InChI is InChI=1S/C26H48O3Si/c1-20(2)24(28)19-25(29-30(9,10)26(6,7)8)23(5)16-12-15-21(3)13-11-14-22(4)17-18-27/h13,16-17,20,25,27H,11-12,14-15,18-19H2,1-10H3/b21-13+,22-17+,23-16+. The summed E-state index contributed by atoms with van der Waals surface area (Å²) >= 11 is 0. The normalized spacial score (nSPS) is 15.7. The molecule has 0 rings (SSSR count). The highest BCUT2D eigenvalue weighted by molar-refractivity contribution is 6.74. The quantitative estimate of drug-likeness (QED) is 0.242. The number of rotatable bonds is 13. The van der Waals surface area contributed by atoms with Crippen LogP contribution in [0.15, 0.2) is 34.9 Å². The lowest BCUT2D eigenvalue weighted by Crippen LogP contribution is -2.44. The van der Waals surface area contributed by atoms with E-state index < -0.39 is 8.32 Å². The van der Waals surface area contributed by atoms with E-state index in [1.54, 1.807) is 0 Å². The zero-order chi connectivity index (χ0) is 23.5. The molecule has 4 heteroatoms. The molecule has 0 amide bonds. The molecular weight excluding hydrogens is 388 g/mol. The van der Waals surface area contributed by atoms with Crippen LogP contribution in [0, 0.1) is 5.92 Å². The Morgan fingerprint density at radius 2 is 1.47 bits per heavy atom. The lowest BCUT2D eigenvalue weighted by molar-refractivity contribution is -0.123. The third kappa shape index (κ3) is 11.4. The summed E-state index contributed by atoms with van der Waals surface area (Å²) in [5.74, 6) is 0.311. The Bertz CT molecular complexity index is 619. The number of ketones is 1. The second-order valence-electron chi connectivity index (χ2n) is 10.5. The first-order valence-electron chi connectivity index (χ1n) is 11.5. The minimum Gasteiger partial charge on any atom is -0.410 e. The molecule has 0 aliphatic carbocycles. The molecule has 0 saturated heterocycles. The Kier molecular flexibility index (Phi) is 13.0. The number of carbonyl (C=O) groups is 1. The van der Waals surface area contributed by atoms with Crippen molar-refractivity contribution in [3.8, 4) is 0 Å². The maximum Gasteiger partial charge on any atom is 0.192 e. The molecular formula is C26H48O3Si. The molecule has 3 nitrogen and oxygen atoms in total. The molecule has 0 heterocycles. The van der Waals surface area contributed by atoms with E-state index in [0.717, 1.165) is 25.7 Å². The fourth-order valence-electron chi connectivity index (χ4n) is 2.81. The fourth-order valence-corrected chi connectivity index (χ4v) is 4.15. The van der Waals surface area contributed by atoms with Gasteiger partial charge in [0.1, 0.15) is 5.78 Å². The van der Waals surface area contributed by atoms with Crippen LogP contribution >= 0.6 is 0 Å². The molecule has 174 valence electrons. The minimum absolute atomic E-state index is 0.0387. The first-order chi connectivity index (χ1) is 13.7. The van der Waals surface area contributed by atoms with E-state index >= 15 is 0 Å².